The van der Waals surface area contributed by atoms with Crippen LogP contribution >= 0.6 is 11.6 Å². The largest absolute Gasteiger partial charge is 0.383 e. The topological polar surface area (TPSA) is 51.8 Å². The highest BCUT2D eigenvalue weighted by Gasteiger charge is 2.11. The van der Waals surface area contributed by atoms with Gasteiger partial charge in [0.15, 0.2) is 0 Å². The van der Waals surface area contributed by atoms with Crippen molar-refractivity contribution in [1.82, 2.24) is 9.97 Å². The number of benzene rings is 1. The average Bonchev–Trinajstić information content (AvgIpc) is 2.32. The van der Waals surface area contributed by atoms with Gasteiger partial charge in [0.1, 0.15) is 18.0 Å². The Hall–Kier alpha value is -1.68. The summed E-state index contributed by atoms with van der Waals surface area (Å²) in [6, 6.07) is 4.48. The van der Waals surface area contributed by atoms with Crippen molar-refractivity contribution in [3.05, 3.63) is 40.9 Å². The lowest BCUT2D eigenvalue weighted by Gasteiger charge is -2.09. The van der Waals surface area contributed by atoms with E-state index in [1.807, 2.05) is 6.92 Å². The highest BCUT2D eigenvalue weighted by molar-refractivity contribution is 6.31. The molecule has 0 amide bonds. The Kier molecular flexibility index (Phi) is 3.24. The summed E-state index contributed by atoms with van der Waals surface area (Å²) in [6.45, 7) is 1.96. The summed E-state index contributed by atoms with van der Waals surface area (Å²) in [5.41, 5.74) is 8.06. The Balaban J connectivity index is 2.60. The fourth-order valence-corrected chi connectivity index (χ4v) is 1.85. The molecule has 0 aliphatic heterocycles. The highest BCUT2D eigenvalue weighted by Crippen LogP contribution is 2.27. The Morgan fingerprint density at radius 2 is 2.12 bits per heavy atom. The Bertz CT molecular complexity index is 557. The van der Waals surface area contributed by atoms with Gasteiger partial charge >= 0.3 is 0 Å². The molecule has 0 aliphatic rings. The van der Waals surface area contributed by atoms with Crippen LogP contribution in [0.4, 0.5) is 10.2 Å². The zero-order chi connectivity index (χ0) is 12.4. The van der Waals surface area contributed by atoms with Gasteiger partial charge in [-0.15, -0.1) is 0 Å². The molecule has 0 atom stereocenters. The first-order chi connectivity index (χ1) is 8.13. The van der Waals surface area contributed by atoms with Gasteiger partial charge in [0, 0.05) is 11.1 Å². The maximum Gasteiger partial charge on any atom is 0.141 e. The van der Waals surface area contributed by atoms with Crippen LogP contribution < -0.4 is 5.73 Å². The van der Waals surface area contributed by atoms with Crippen molar-refractivity contribution in [1.29, 1.82) is 0 Å². The molecule has 3 nitrogen and oxygen atoms in total. The molecular formula is C12H11ClFN3. The molecule has 88 valence electrons. The van der Waals surface area contributed by atoms with Crippen LogP contribution in [0.2, 0.25) is 5.02 Å². The SMILES string of the molecule is CCc1c(N)ncnc1-c1ccc(F)c(Cl)c1. The third-order valence-electron chi connectivity index (χ3n) is 2.53. The van der Waals surface area contributed by atoms with E-state index in [-0.39, 0.29) is 5.02 Å². The summed E-state index contributed by atoms with van der Waals surface area (Å²) in [5, 5.41) is 0.0711. The first kappa shape index (κ1) is 11.8. The van der Waals surface area contributed by atoms with Crippen molar-refractivity contribution in [3.8, 4) is 11.3 Å². The normalized spacial score (nSPS) is 10.5. The quantitative estimate of drug-likeness (QED) is 0.892. The van der Waals surface area contributed by atoms with E-state index < -0.39 is 5.82 Å². The van der Waals surface area contributed by atoms with Crippen molar-refractivity contribution in [2.45, 2.75) is 13.3 Å². The van der Waals surface area contributed by atoms with Crippen molar-refractivity contribution in [3.63, 3.8) is 0 Å². The molecule has 1 aromatic carbocycles. The third-order valence-corrected chi connectivity index (χ3v) is 2.81. The molecule has 0 fully saturated rings. The lowest BCUT2D eigenvalue weighted by molar-refractivity contribution is 0.628. The molecule has 17 heavy (non-hydrogen) atoms. The minimum atomic E-state index is -0.449. The second-order valence-electron chi connectivity index (χ2n) is 3.57. The second-order valence-corrected chi connectivity index (χ2v) is 3.98. The lowest BCUT2D eigenvalue weighted by atomic mass is 10.0. The second kappa shape index (κ2) is 4.67. The molecule has 0 saturated carbocycles. The van der Waals surface area contributed by atoms with Crippen LogP contribution in [0.15, 0.2) is 24.5 Å². The van der Waals surface area contributed by atoms with Crippen LogP contribution in [0.25, 0.3) is 11.3 Å². The van der Waals surface area contributed by atoms with Gasteiger partial charge in [0.25, 0.3) is 0 Å². The number of nitrogens with zero attached hydrogens (tertiary/aromatic N) is 2. The highest BCUT2D eigenvalue weighted by atomic mass is 35.5. The Morgan fingerprint density at radius 1 is 1.35 bits per heavy atom. The summed E-state index contributed by atoms with van der Waals surface area (Å²) in [5.74, 6) is -0.00607. The maximum absolute atomic E-state index is 13.1. The summed E-state index contributed by atoms with van der Waals surface area (Å²) < 4.78 is 13.1. The van der Waals surface area contributed by atoms with Gasteiger partial charge in [0.05, 0.1) is 10.7 Å². The fourth-order valence-electron chi connectivity index (χ4n) is 1.67. The molecule has 2 N–H and O–H groups in total. The third kappa shape index (κ3) is 2.22. The van der Waals surface area contributed by atoms with E-state index in [1.54, 1.807) is 6.07 Å². The van der Waals surface area contributed by atoms with Crippen LogP contribution in [-0.2, 0) is 6.42 Å². The molecule has 0 spiro atoms. The van der Waals surface area contributed by atoms with Crippen LogP contribution in [0.1, 0.15) is 12.5 Å². The first-order valence-corrected chi connectivity index (χ1v) is 5.56. The van der Waals surface area contributed by atoms with Gasteiger partial charge in [0.2, 0.25) is 0 Å². The van der Waals surface area contributed by atoms with Gasteiger partial charge in [-0.2, -0.15) is 0 Å². The fraction of sp³-hybridized carbons (Fsp3) is 0.167. The number of anilines is 1. The molecule has 1 heterocycles. The number of hydrogen-bond donors (Lipinski definition) is 1. The van der Waals surface area contributed by atoms with Crippen LogP contribution in [0, 0.1) is 5.82 Å². The molecule has 0 bridgehead atoms. The van der Waals surface area contributed by atoms with E-state index in [0.717, 1.165) is 11.1 Å². The smallest absolute Gasteiger partial charge is 0.141 e. The van der Waals surface area contributed by atoms with E-state index in [0.29, 0.717) is 17.9 Å². The van der Waals surface area contributed by atoms with E-state index in [2.05, 4.69) is 9.97 Å². The van der Waals surface area contributed by atoms with Crippen LogP contribution in [0.3, 0.4) is 0 Å². The molecule has 0 aliphatic carbocycles. The molecule has 0 radical (unpaired) electrons. The van der Waals surface area contributed by atoms with Gasteiger partial charge in [-0.05, 0) is 24.6 Å². The number of aromatic nitrogens is 2. The summed E-state index contributed by atoms with van der Waals surface area (Å²) >= 11 is 5.75. The number of hydrogen-bond acceptors (Lipinski definition) is 3. The van der Waals surface area contributed by atoms with E-state index in [9.17, 15) is 4.39 Å². The molecule has 2 aromatic rings. The number of nitrogen functional groups attached to an aromatic ring is 1. The molecule has 5 heteroatoms. The standard InChI is InChI=1S/C12H11ClFN3/c1-2-8-11(16-6-17-12(8)15)7-3-4-10(14)9(13)5-7/h3-6H,2H2,1H3,(H2,15,16,17). The van der Waals surface area contributed by atoms with Gasteiger partial charge in [-0.3, -0.25) is 0 Å². The van der Waals surface area contributed by atoms with E-state index >= 15 is 0 Å². The van der Waals surface area contributed by atoms with E-state index in [1.165, 1.54) is 18.5 Å². The minimum absolute atomic E-state index is 0.0711. The van der Waals surface area contributed by atoms with Gasteiger partial charge in [-0.1, -0.05) is 18.5 Å². The van der Waals surface area contributed by atoms with Crippen molar-refractivity contribution in [2.24, 2.45) is 0 Å². The summed E-state index contributed by atoms with van der Waals surface area (Å²) in [4.78, 5) is 8.11. The van der Waals surface area contributed by atoms with Crippen molar-refractivity contribution < 1.29 is 4.39 Å². The number of nitrogens with two attached hydrogens (primary N) is 1. The molecule has 0 unspecified atom stereocenters. The van der Waals surface area contributed by atoms with Gasteiger partial charge in [-0.25, -0.2) is 14.4 Å². The zero-order valence-electron chi connectivity index (χ0n) is 9.24. The zero-order valence-corrected chi connectivity index (χ0v) is 10.0. The lowest BCUT2D eigenvalue weighted by Crippen LogP contribution is -2.01. The van der Waals surface area contributed by atoms with E-state index in [4.69, 9.17) is 17.3 Å². The predicted molar refractivity (Wildman–Crippen MR) is 66.2 cm³/mol. The van der Waals surface area contributed by atoms with Crippen molar-refractivity contribution >= 4 is 17.4 Å². The first-order valence-electron chi connectivity index (χ1n) is 5.18. The monoisotopic (exact) mass is 251 g/mol. The summed E-state index contributed by atoms with van der Waals surface area (Å²) in [6.07, 6.45) is 2.10. The molecular weight excluding hydrogens is 241 g/mol. The maximum atomic E-state index is 13.1. The Morgan fingerprint density at radius 3 is 2.76 bits per heavy atom. The summed E-state index contributed by atoms with van der Waals surface area (Å²) in [7, 11) is 0. The number of rotatable bonds is 2. The molecule has 1 aromatic heterocycles. The molecule has 0 saturated heterocycles. The Labute approximate surface area is 103 Å². The average molecular weight is 252 g/mol. The van der Waals surface area contributed by atoms with Gasteiger partial charge < -0.3 is 5.73 Å². The van der Waals surface area contributed by atoms with Crippen LogP contribution in [0.5, 0.6) is 0 Å². The van der Waals surface area contributed by atoms with Crippen molar-refractivity contribution in [2.75, 3.05) is 5.73 Å². The molecule has 2 rings (SSSR count). The minimum Gasteiger partial charge on any atom is -0.383 e. The number of halogens is 2. The predicted octanol–water partition coefficient (Wildman–Crippen LogP) is 3.08. The van der Waals surface area contributed by atoms with Crippen LogP contribution in [-0.4, -0.2) is 9.97 Å².